The van der Waals surface area contributed by atoms with Crippen LogP contribution in [-0.2, 0) is 19.9 Å². The third kappa shape index (κ3) is 4.97. The average Bonchev–Trinajstić information content (AvgIpc) is 2.65. The Morgan fingerprint density at radius 3 is 1.86 bits per heavy atom. The fourth-order valence-corrected chi connectivity index (χ4v) is 2.56. The summed E-state index contributed by atoms with van der Waals surface area (Å²) in [5, 5.41) is 0. The molecule has 0 spiro atoms. The second kappa shape index (κ2) is 8.69. The van der Waals surface area contributed by atoms with Crippen LogP contribution < -0.4 is 0 Å². The van der Waals surface area contributed by atoms with Crippen molar-refractivity contribution >= 4 is 12.0 Å². The van der Waals surface area contributed by atoms with Crippen LogP contribution >= 0.6 is 0 Å². The van der Waals surface area contributed by atoms with Crippen molar-refractivity contribution in [3.8, 4) is 0 Å². The van der Waals surface area contributed by atoms with Crippen LogP contribution in [0.25, 0.3) is 6.08 Å². The third-order valence-electron chi connectivity index (χ3n) is 3.99. The zero-order valence-electron chi connectivity index (χ0n) is 15.0. The topological polar surface area (TPSA) is 35.5 Å². The summed E-state index contributed by atoms with van der Waals surface area (Å²) in [5.41, 5.74) is -4.07. The number of methoxy groups -OCH3 is 1. The van der Waals surface area contributed by atoms with Crippen LogP contribution in [0.2, 0.25) is 0 Å². The number of halogens is 6. The molecule has 0 radical (unpaired) electrons. The molecule has 0 fully saturated rings. The first-order chi connectivity index (χ1) is 13.5. The van der Waals surface area contributed by atoms with E-state index in [0.29, 0.717) is 18.7 Å². The van der Waals surface area contributed by atoms with Crippen molar-refractivity contribution < 1.29 is 40.6 Å². The Labute approximate surface area is 162 Å². The molecule has 0 heterocycles. The van der Waals surface area contributed by atoms with Crippen LogP contribution in [0.15, 0.2) is 66.7 Å². The normalized spacial score (nSPS) is 15.7. The maximum atomic E-state index is 13.8. The molecular formula is C20H16F6O3. The van der Waals surface area contributed by atoms with E-state index in [1.807, 2.05) is 0 Å². The van der Waals surface area contributed by atoms with Crippen LogP contribution in [0.4, 0.5) is 26.3 Å². The van der Waals surface area contributed by atoms with Gasteiger partial charge in [0.05, 0.1) is 0 Å². The Hall–Kier alpha value is -2.81. The SMILES string of the molecule is CO[C@](C(=O)O[C@@H](/C=C/c1ccccc1)C(F)(F)F)(c1ccccc1)C(F)(F)F. The Bertz CT molecular complexity index is 831. The maximum Gasteiger partial charge on any atom is 0.432 e. The second-order valence-corrected chi connectivity index (χ2v) is 5.89. The highest BCUT2D eigenvalue weighted by atomic mass is 19.4. The van der Waals surface area contributed by atoms with E-state index in [4.69, 9.17) is 0 Å². The van der Waals surface area contributed by atoms with E-state index < -0.39 is 35.6 Å². The van der Waals surface area contributed by atoms with Crippen molar-refractivity contribution in [1.29, 1.82) is 0 Å². The number of alkyl halides is 6. The summed E-state index contributed by atoms with van der Waals surface area (Å²) in [4.78, 5) is 12.4. The molecule has 3 nitrogen and oxygen atoms in total. The number of hydrogen-bond acceptors (Lipinski definition) is 3. The van der Waals surface area contributed by atoms with Crippen molar-refractivity contribution in [3.05, 3.63) is 77.9 Å². The smallest absolute Gasteiger partial charge is 0.432 e. The van der Waals surface area contributed by atoms with Crippen LogP contribution in [0, 0.1) is 0 Å². The predicted octanol–water partition coefficient (Wildman–Crippen LogP) is 5.28. The Kier molecular flexibility index (Phi) is 6.73. The van der Waals surface area contributed by atoms with E-state index in [1.165, 1.54) is 30.3 Å². The summed E-state index contributed by atoms with van der Waals surface area (Å²) in [6, 6.07) is 13.3. The van der Waals surface area contributed by atoms with Crippen LogP contribution in [-0.4, -0.2) is 31.5 Å². The molecule has 0 aliphatic rings. The van der Waals surface area contributed by atoms with Gasteiger partial charge in [-0.2, -0.15) is 26.3 Å². The molecule has 2 rings (SSSR count). The summed E-state index contributed by atoms with van der Waals surface area (Å²) in [6.45, 7) is 0. The number of ether oxygens (including phenoxy) is 2. The van der Waals surface area contributed by atoms with Gasteiger partial charge in [0.25, 0.3) is 5.60 Å². The van der Waals surface area contributed by atoms with E-state index >= 15 is 0 Å². The largest absolute Gasteiger partial charge is 0.446 e. The molecule has 2 aromatic carbocycles. The van der Waals surface area contributed by atoms with Crippen LogP contribution in [0.1, 0.15) is 11.1 Å². The standard InChI is InChI=1S/C20H16F6O3/c1-28-18(20(24,25)26,15-10-6-3-7-11-15)17(27)29-16(19(21,22)23)13-12-14-8-4-2-5-9-14/h2-13,16H,1H3/b13-12+/t16-,18-/m0/s1. The van der Waals surface area contributed by atoms with E-state index in [9.17, 15) is 31.1 Å². The first kappa shape index (κ1) is 22.5. The lowest BCUT2D eigenvalue weighted by Gasteiger charge is -2.33. The van der Waals surface area contributed by atoms with Gasteiger partial charge in [-0.3, -0.25) is 0 Å². The number of carbonyl (C=O) groups excluding carboxylic acids is 1. The monoisotopic (exact) mass is 418 g/mol. The van der Waals surface area contributed by atoms with Crippen LogP contribution in [0.3, 0.4) is 0 Å². The fraction of sp³-hybridized carbons (Fsp3) is 0.250. The quantitative estimate of drug-likeness (QED) is 0.473. The zero-order valence-corrected chi connectivity index (χ0v) is 15.0. The lowest BCUT2D eigenvalue weighted by atomic mass is 9.92. The minimum absolute atomic E-state index is 0.342. The highest BCUT2D eigenvalue weighted by Gasteiger charge is 2.65. The molecule has 0 saturated carbocycles. The van der Waals surface area contributed by atoms with Crippen molar-refractivity contribution in [3.63, 3.8) is 0 Å². The van der Waals surface area contributed by atoms with Gasteiger partial charge in [-0.25, -0.2) is 4.79 Å². The highest BCUT2D eigenvalue weighted by Crippen LogP contribution is 2.43. The lowest BCUT2D eigenvalue weighted by Crippen LogP contribution is -2.53. The van der Waals surface area contributed by atoms with E-state index in [0.717, 1.165) is 18.2 Å². The number of rotatable bonds is 6. The molecular weight excluding hydrogens is 402 g/mol. The molecule has 0 aliphatic carbocycles. The molecule has 29 heavy (non-hydrogen) atoms. The summed E-state index contributed by atoms with van der Waals surface area (Å²) < 4.78 is 90.0. The van der Waals surface area contributed by atoms with Crippen molar-refractivity contribution in [1.82, 2.24) is 0 Å². The predicted molar refractivity (Wildman–Crippen MR) is 92.6 cm³/mol. The summed E-state index contributed by atoms with van der Waals surface area (Å²) in [7, 11) is 0.574. The molecule has 156 valence electrons. The van der Waals surface area contributed by atoms with Crippen LogP contribution in [0.5, 0.6) is 0 Å². The van der Waals surface area contributed by atoms with Gasteiger partial charge >= 0.3 is 18.3 Å². The summed E-state index contributed by atoms with van der Waals surface area (Å²) in [5.74, 6) is -2.22. The minimum atomic E-state index is -5.38. The molecule has 0 bridgehead atoms. The first-order valence-electron chi connectivity index (χ1n) is 8.21. The molecule has 0 aliphatic heterocycles. The molecule has 2 aromatic rings. The minimum Gasteiger partial charge on any atom is -0.446 e. The molecule has 2 atom stereocenters. The first-order valence-corrected chi connectivity index (χ1v) is 8.21. The van der Waals surface area contributed by atoms with Gasteiger partial charge < -0.3 is 9.47 Å². The van der Waals surface area contributed by atoms with Gasteiger partial charge in [-0.05, 0) is 11.6 Å². The van der Waals surface area contributed by atoms with E-state index in [1.54, 1.807) is 18.2 Å². The summed E-state index contributed by atoms with van der Waals surface area (Å²) in [6.07, 6.45) is -12.0. The van der Waals surface area contributed by atoms with Crippen molar-refractivity contribution in [2.75, 3.05) is 7.11 Å². The highest BCUT2D eigenvalue weighted by molar-refractivity contribution is 5.83. The number of hydrogen-bond donors (Lipinski definition) is 0. The number of benzene rings is 2. The van der Waals surface area contributed by atoms with Gasteiger partial charge in [0.2, 0.25) is 6.10 Å². The van der Waals surface area contributed by atoms with Crippen molar-refractivity contribution in [2.45, 2.75) is 24.1 Å². The zero-order chi connectivity index (χ0) is 21.7. The number of carbonyl (C=O) groups is 1. The second-order valence-electron chi connectivity index (χ2n) is 5.89. The number of esters is 1. The van der Waals surface area contributed by atoms with Gasteiger partial charge in [-0.15, -0.1) is 0 Å². The Morgan fingerprint density at radius 2 is 1.41 bits per heavy atom. The maximum absolute atomic E-state index is 13.8. The van der Waals surface area contributed by atoms with E-state index in [-0.39, 0.29) is 0 Å². The molecule has 0 saturated heterocycles. The Balaban J connectivity index is 2.42. The Morgan fingerprint density at radius 1 is 0.897 bits per heavy atom. The molecule has 9 heteroatoms. The fourth-order valence-electron chi connectivity index (χ4n) is 2.56. The molecule has 0 aromatic heterocycles. The lowest BCUT2D eigenvalue weighted by molar-refractivity contribution is -0.285. The van der Waals surface area contributed by atoms with Gasteiger partial charge in [0.15, 0.2) is 0 Å². The molecule has 0 unspecified atom stereocenters. The van der Waals surface area contributed by atoms with Gasteiger partial charge in [-0.1, -0.05) is 66.7 Å². The average molecular weight is 418 g/mol. The van der Waals surface area contributed by atoms with Gasteiger partial charge in [0, 0.05) is 12.7 Å². The third-order valence-corrected chi connectivity index (χ3v) is 3.99. The van der Waals surface area contributed by atoms with Gasteiger partial charge in [0.1, 0.15) is 0 Å². The summed E-state index contributed by atoms with van der Waals surface area (Å²) >= 11 is 0. The molecule has 0 amide bonds. The molecule has 0 N–H and O–H groups in total. The van der Waals surface area contributed by atoms with Crippen molar-refractivity contribution in [2.24, 2.45) is 0 Å². The van der Waals surface area contributed by atoms with E-state index in [2.05, 4.69) is 9.47 Å².